The first-order valence-electron chi connectivity index (χ1n) is 12.5. The average Bonchev–Trinajstić information content (AvgIpc) is 3.33. The molecule has 1 aliphatic heterocycles. The predicted octanol–water partition coefficient (Wildman–Crippen LogP) is 5.31. The molecule has 6 rings (SSSR count). The maximum absolute atomic E-state index is 14.1. The summed E-state index contributed by atoms with van der Waals surface area (Å²) in [5.74, 6) is 0.253. The van der Waals surface area contributed by atoms with Crippen molar-refractivity contribution in [2.45, 2.75) is 31.9 Å². The minimum absolute atomic E-state index is 0.0602. The van der Waals surface area contributed by atoms with Gasteiger partial charge in [-0.05, 0) is 48.4 Å². The van der Waals surface area contributed by atoms with Gasteiger partial charge in [0.25, 0.3) is 6.43 Å². The van der Waals surface area contributed by atoms with Crippen LogP contribution in [0, 0.1) is 0 Å². The molecule has 38 heavy (non-hydrogen) atoms. The largest absolute Gasteiger partial charge is 0.368 e. The van der Waals surface area contributed by atoms with Crippen LogP contribution in [0.3, 0.4) is 0 Å². The number of nitrogens with one attached hydrogen (secondary N) is 2. The molecule has 1 fully saturated rings. The Balaban J connectivity index is 1.46. The zero-order valence-electron chi connectivity index (χ0n) is 21.0. The summed E-state index contributed by atoms with van der Waals surface area (Å²) in [4.78, 5) is 18.1. The molecule has 194 valence electrons. The SMILES string of the molecule is CC(C)(Nc1nc(C2CNCCO2)nc(-n2c(C(F)F)nc3ccccc32)n1)c1ccc2ccccc2c1. The molecule has 0 saturated carbocycles. The van der Waals surface area contributed by atoms with E-state index in [2.05, 4.69) is 60.9 Å². The monoisotopic (exact) mass is 515 g/mol. The van der Waals surface area contributed by atoms with E-state index in [1.807, 2.05) is 26.0 Å². The Morgan fingerprint density at radius 1 is 0.974 bits per heavy atom. The van der Waals surface area contributed by atoms with Crippen LogP contribution in [0.4, 0.5) is 14.7 Å². The molecule has 1 unspecified atom stereocenters. The molecule has 5 aromatic rings. The van der Waals surface area contributed by atoms with E-state index in [1.54, 1.807) is 24.3 Å². The highest BCUT2D eigenvalue weighted by molar-refractivity contribution is 5.83. The molecular formula is C28H27F2N7O. The Morgan fingerprint density at radius 3 is 2.55 bits per heavy atom. The van der Waals surface area contributed by atoms with E-state index >= 15 is 0 Å². The molecule has 10 heteroatoms. The molecule has 0 bridgehead atoms. The highest BCUT2D eigenvalue weighted by Gasteiger charge is 2.28. The summed E-state index contributed by atoms with van der Waals surface area (Å²) in [6, 6.07) is 21.4. The van der Waals surface area contributed by atoms with E-state index in [0.717, 1.165) is 22.9 Å². The highest BCUT2D eigenvalue weighted by atomic mass is 19.3. The van der Waals surface area contributed by atoms with Crippen molar-refractivity contribution >= 4 is 27.8 Å². The number of hydrogen-bond acceptors (Lipinski definition) is 7. The second-order valence-electron chi connectivity index (χ2n) is 9.79. The first-order valence-corrected chi connectivity index (χ1v) is 12.5. The molecule has 8 nitrogen and oxygen atoms in total. The zero-order chi connectivity index (χ0) is 26.3. The number of para-hydroxylation sites is 2. The van der Waals surface area contributed by atoms with E-state index < -0.39 is 23.9 Å². The van der Waals surface area contributed by atoms with Crippen LogP contribution in [0.25, 0.3) is 27.8 Å². The number of anilines is 1. The van der Waals surface area contributed by atoms with Crippen LogP contribution in [-0.2, 0) is 10.3 Å². The quantitative estimate of drug-likeness (QED) is 0.317. The topological polar surface area (TPSA) is 89.8 Å². The van der Waals surface area contributed by atoms with E-state index in [4.69, 9.17) is 4.74 Å². The van der Waals surface area contributed by atoms with Crippen molar-refractivity contribution < 1.29 is 13.5 Å². The summed E-state index contributed by atoms with van der Waals surface area (Å²) in [5.41, 5.74) is 1.36. The van der Waals surface area contributed by atoms with Gasteiger partial charge in [-0.15, -0.1) is 0 Å². The molecule has 2 aromatic heterocycles. The first-order chi connectivity index (χ1) is 18.4. The van der Waals surface area contributed by atoms with Crippen molar-refractivity contribution in [2.75, 3.05) is 25.0 Å². The van der Waals surface area contributed by atoms with Gasteiger partial charge < -0.3 is 15.4 Å². The number of ether oxygens (including phenoxy) is 1. The Kier molecular flexibility index (Phi) is 6.21. The maximum atomic E-state index is 14.1. The minimum atomic E-state index is -2.82. The highest BCUT2D eigenvalue weighted by Crippen LogP contribution is 2.30. The Morgan fingerprint density at radius 2 is 1.76 bits per heavy atom. The second-order valence-corrected chi connectivity index (χ2v) is 9.79. The number of rotatable bonds is 6. The van der Waals surface area contributed by atoms with Gasteiger partial charge >= 0.3 is 0 Å². The van der Waals surface area contributed by atoms with Gasteiger partial charge in [0.2, 0.25) is 11.9 Å². The third-order valence-electron chi connectivity index (χ3n) is 6.73. The van der Waals surface area contributed by atoms with Crippen LogP contribution in [0.15, 0.2) is 66.7 Å². The fourth-order valence-electron chi connectivity index (χ4n) is 4.74. The normalized spacial score (nSPS) is 16.4. The van der Waals surface area contributed by atoms with Gasteiger partial charge in [0, 0.05) is 13.1 Å². The third kappa shape index (κ3) is 4.57. The number of imidazole rings is 1. The maximum Gasteiger partial charge on any atom is 0.296 e. The molecule has 1 saturated heterocycles. The molecule has 0 aliphatic carbocycles. The van der Waals surface area contributed by atoms with Crippen molar-refractivity contribution in [1.29, 1.82) is 0 Å². The summed E-state index contributed by atoms with van der Waals surface area (Å²) in [6.45, 7) is 5.76. The minimum Gasteiger partial charge on any atom is -0.368 e. The lowest BCUT2D eigenvalue weighted by Gasteiger charge is -2.28. The molecule has 1 aliphatic rings. The number of fused-ring (bicyclic) bond motifs is 2. The van der Waals surface area contributed by atoms with Gasteiger partial charge in [0.05, 0.1) is 23.2 Å². The lowest BCUT2D eigenvalue weighted by atomic mass is 9.92. The Labute approximate surface area is 218 Å². The number of morpholine rings is 1. The van der Waals surface area contributed by atoms with Crippen molar-refractivity contribution in [2.24, 2.45) is 0 Å². The fraction of sp³-hybridized carbons (Fsp3) is 0.286. The Bertz CT molecular complexity index is 1610. The number of benzene rings is 3. The Hall–Kier alpha value is -4.02. The molecule has 3 heterocycles. The molecule has 3 aromatic carbocycles. The van der Waals surface area contributed by atoms with Crippen LogP contribution < -0.4 is 10.6 Å². The molecule has 1 atom stereocenters. The van der Waals surface area contributed by atoms with Crippen molar-refractivity contribution in [3.63, 3.8) is 0 Å². The summed E-state index contributed by atoms with van der Waals surface area (Å²) < 4.78 is 35.4. The number of hydrogen-bond donors (Lipinski definition) is 2. The van der Waals surface area contributed by atoms with Gasteiger partial charge in [-0.1, -0.05) is 48.5 Å². The van der Waals surface area contributed by atoms with Gasteiger partial charge in [-0.25, -0.2) is 13.8 Å². The van der Waals surface area contributed by atoms with E-state index in [-0.39, 0.29) is 11.9 Å². The van der Waals surface area contributed by atoms with E-state index in [1.165, 1.54) is 4.57 Å². The van der Waals surface area contributed by atoms with E-state index in [0.29, 0.717) is 30.0 Å². The van der Waals surface area contributed by atoms with Crippen LogP contribution >= 0.6 is 0 Å². The molecule has 0 radical (unpaired) electrons. The first kappa shape index (κ1) is 24.3. The average molecular weight is 516 g/mol. The smallest absolute Gasteiger partial charge is 0.296 e. The van der Waals surface area contributed by atoms with Gasteiger partial charge in [-0.2, -0.15) is 15.0 Å². The predicted molar refractivity (Wildman–Crippen MR) is 142 cm³/mol. The number of aromatic nitrogens is 5. The van der Waals surface area contributed by atoms with Crippen molar-refractivity contribution in [3.05, 3.63) is 83.9 Å². The molecular weight excluding hydrogens is 488 g/mol. The number of alkyl halides is 2. The van der Waals surface area contributed by atoms with Gasteiger partial charge in [0.1, 0.15) is 6.10 Å². The molecule has 0 spiro atoms. The van der Waals surface area contributed by atoms with Crippen LogP contribution in [-0.4, -0.2) is 44.2 Å². The van der Waals surface area contributed by atoms with Gasteiger partial charge in [0.15, 0.2) is 11.6 Å². The lowest BCUT2D eigenvalue weighted by Crippen LogP contribution is -2.35. The van der Waals surface area contributed by atoms with Crippen molar-refractivity contribution in [3.8, 4) is 5.95 Å². The van der Waals surface area contributed by atoms with Gasteiger partial charge in [-0.3, -0.25) is 4.57 Å². The van der Waals surface area contributed by atoms with Crippen LogP contribution in [0.5, 0.6) is 0 Å². The summed E-state index contributed by atoms with van der Waals surface area (Å²) in [6.07, 6.45) is -3.26. The summed E-state index contributed by atoms with van der Waals surface area (Å²) in [7, 11) is 0. The standard InChI is InChI=1S/C28H27F2N7O/c1-28(2,19-12-11-17-7-3-4-8-18(17)15-19)36-26-33-24(22-16-31-13-14-38-22)34-27(35-26)37-21-10-6-5-9-20(21)32-25(37)23(29)30/h3-12,15,22-23,31H,13-14,16H2,1-2H3,(H,33,34,35,36). The van der Waals surface area contributed by atoms with Crippen LogP contribution in [0.1, 0.15) is 43.6 Å². The summed E-state index contributed by atoms with van der Waals surface area (Å²) >= 11 is 0. The zero-order valence-corrected chi connectivity index (χ0v) is 21.0. The fourth-order valence-corrected chi connectivity index (χ4v) is 4.74. The molecule has 0 amide bonds. The molecule has 2 N–H and O–H groups in total. The van der Waals surface area contributed by atoms with E-state index in [9.17, 15) is 8.78 Å². The lowest BCUT2D eigenvalue weighted by molar-refractivity contribution is 0.0220. The third-order valence-corrected chi connectivity index (χ3v) is 6.73. The number of nitrogens with zero attached hydrogens (tertiary/aromatic N) is 5. The van der Waals surface area contributed by atoms with Crippen LogP contribution in [0.2, 0.25) is 0 Å². The summed E-state index contributed by atoms with van der Waals surface area (Å²) in [5, 5.41) is 8.95. The van der Waals surface area contributed by atoms with Crippen molar-refractivity contribution in [1.82, 2.24) is 29.8 Å². The second kappa shape index (κ2) is 9.70. The number of halogens is 2.